The molecule has 2 rings (SSSR count). The molecule has 134 valence electrons. The van der Waals surface area contributed by atoms with Crippen LogP contribution >= 0.6 is 0 Å². The van der Waals surface area contributed by atoms with Crippen LogP contribution in [-0.2, 0) is 14.3 Å². The van der Waals surface area contributed by atoms with Gasteiger partial charge in [-0.3, -0.25) is 14.3 Å². The molecule has 0 radical (unpaired) electrons. The van der Waals surface area contributed by atoms with E-state index in [2.05, 4.69) is 0 Å². The van der Waals surface area contributed by atoms with Crippen molar-refractivity contribution in [2.24, 2.45) is 0 Å². The molecule has 0 aliphatic rings. The molecular weight excluding hydrogens is 350 g/mol. The molecule has 2 aromatic carbocycles. The van der Waals surface area contributed by atoms with Gasteiger partial charge in [-0.1, -0.05) is 23.8 Å². The number of aliphatic hydroxyl groups excluding tert-OH is 1. The van der Waals surface area contributed by atoms with Crippen molar-refractivity contribution in [1.82, 2.24) is 0 Å². The molecule has 0 unspecified atom stereocenters. The van der Waals surface area contributed by atoms with E-state index in [1.807, 2.05) is 6.92 Å². The van der Waals surface area contributed by atoms with Gasteiger partial charge >= 0.3 is 5.69 Å². The molecule has 0 fully saturated rings. The van der Waals surface area contributed by atoms with Gasteiger partial charge in [-0.05, 0) is 30.7 Å². The maximum absolute atomic E-state index is 12.1. The third-order valence-corrected chi connectivity index (χ3v) is 4.77. The van der Waals surface area contributed by atoms with Crippen molar-refractivity contribution in [3.8, 4) is 5.75 Å². The third kappa shape index (κ3) is 4.53. The quantitative estimate of drug-likeness (QED) is 0.453. The van der Waals surface area contributed by atoms with Gasteiger partial charge in [-0.25, -0.2) is 0 Å². The van der Waals surface area contributed by atoms with E-state index in [0.29, 0.717) is 0 Å². The number of hydrogen-bond donors (Lipinski definition) is 1. The van der Waals surface area contributed by atoms with E-state index < -0.39 is 27.8 Å². The second-order valence-corrected chi connectivity index (χ2v) is 6.87. The highest BCUT2D eigenvalue weighted by molar-refractivity contribution is 7.86. The average Bonchev–Trinajstić information content (AvgIpc) is 2.59. The third-order valence-electron chi connectivity index (χ3n) is 3.48. The Morgan fingerprint density at radius 3 is 2.40 bits per heavy atom. The van der Waals surface area contributed by atoms with Crippen LogP contribution in [0.15, 0.2) is 47.4 Å². The second-order valence-electron chi connectivity index (χ2n) is 5.26. The van der Waals surface area contributed by atoms with Crippen molar-refractivity contribution in [3.63, 3.8) is 0 Å². The first-order valence-electron chi connectivity index (χ1n) is 7.21. The lowest BCUT2D eigenvalue weighted by Crippen LogP contribution is -2.13. The monoisotopic (exact) mass is 367 g/mol. The van der Waals surface area contributed by atoms with Crippen molar-refractivity contribution >= 4 is 15.8 Å². The standard InChI is InChI=1S/C16H17NO7S/c1-11-3-6-13(7-4-11)25(21,22)24-10-15(18)12-5-8-16(23-2)14(9-12)17(19)20/h3-9,15,18H,10H2,1-2H3/t15-/m0/s1. The second kappa shape index (κ2) is 7.60. The fourth-order valence-corrected chi connectivity index (χ4v) is 2.99. The Balaban J connectivity index is 2.14. The molecule has 0 aliphatic heterocycles. The minimum absolute atomic E-state index is 0.0361. The Labute approximate surface area is 144 Å². The lowest BCUT2D eigenvalue weighted by molar-refractivity contribution is -0.385. The van der Waals surface area contributed by atoms with Crippen molar-refractivity contribution in [1.29, 1.82) is 0 Å². The summed E-state index contributed by atoms with van der Waals surface area (Å²) < 4.78 is 33.9. The maximum atomic E-state index is 12.1. The number of benzene rings is 2. The molecule has 1 atom stereocenters. The zero-order valence-corrected chi connectivity index (χ0v) is 14.4. The van der Waals surface area contributed by atoms with Crippen LogP contribution in [0.5, 0.6) is 5.75 Å². The molecule has 1 N–H and O–H groups in total. The summed E-state index contributed by atoms with van der Waals surface area (Å²) in [5.74, 6) is 0.0362. The minimum Gasteiger partial charge on any atom is -0.490 e. The van der Waals surface area contributed by atoms with Gasteiger partial charge in [0.1, 0.15) is 6.10 Å². The van der Waals surface area contributed by atoms with Gasteiger partial charge in [-0.2, -0.15) is 8.42 Å². The Kier molecular flexibility index (Phi) is 5.73. The van der Waals surface area contributed by atoms with Crippen molar-refractivity contribution < 1.29 is 27.4 Å². The van der Waals surface area contributed by atoms with Crippen LogP contribution in [0, 0.1) is 17.0 Å². The smallest absolute Gasteiger partial charge is 0.311 e. The molecule has 25 heavy (non-hydrogen) atoms. The van der Waals surface area contributed by atoms with Crippen LogP contribution in [-0.4, -0.2) is 32.2 Å². The molecule has 0 aromatic heterocycles. The molecule has 9 heteroatoms. The number of aliphatic hydroxyl groups is 1. The normalized spacial score (nSPS) is 12.6. The number of methoxy groups -OCH3 is 1. The molecule has 0 saturated heterocycles. The molecule has 0 spiro atoms. The highest BCUT2D eigenvalue weighted by Gasteiger charge is 2.21. The summed E-state index contributed by atoms with van der Waals surface area (Å²) in [6.45, 7) is 1.25. The number of nitrogens with zero attached hydrogens (tertiary/aromatic N) is 1. The predicted octanol–water partition coefficient (Wildman–Crippen LogP) is 2.35. The highest BCUT2D eigenvalue weighted by Crippen LogP contribution is 2.30. The SMILES string of the molecule is COc1ccc([C@@H](O)COS(=O)(=O)c2ccc(C)cc2)cc1[N+](=O)[O-]. The molecule has 2 aromatic rings. The van der Waals surface area contributed by atoms with E-state index in [1.54, 1.807) is 12.1 Å². The zero-order chi connectivity index (χ0) is 18.6. The number of hydrogen-bond acceptors (Lipinski definition) is 7. The summed E-state index contributed by atoms with van der Waals surface area (Å²) in [6.07, 6.45) is -1.36. The van der Waals surface area contributed by atoms with E-state index >= 15 is 0 Å². The van der Waals surface area contributed by atoms with Gasteiger partial charge < -0.3 is 9.84 Å². The molecule has 0 saturated carbocycles. The largest absolute Gasteiger partial charge is 0.490 e. The summed E-state index contributed by atoms with van der Waals surface area (Å²) in [5, 5.41) is 21.1. The number of nitro groups is 1. The Morgan fingerprint density at radius 1 is 1.20 bits per heavy atom. The predicted molar refractivity (Wildman–Crippen MR) is 88.9 cm³/mol. The topological polar surface area (TPSA) is 116 Å². The fourth-order valence-electron chi connectivity index (χ4n) is 2.08. The van der Waals surface area contributed by atoms with E-state index in [1.165, 1.54) is 31.4 Å². The first-order valence-corrected chi connectivity index (χ1v) is 8.62. The summed E-state index contributed by atoms with van der Waals surface area (Å²) in [4.78, 5) is 10.3. The summed E-state index contributed by atoms with van der Waals surface area (Å²) in [6, 6.07) is 9.89. The van der Waals surface area contributed by atoms with Gasteiger partial charge in [0, 0.05) is 6.07 Å². The van der Waals surface area contributed by atoms with Crippen molar-refractivity contribution in [2.75, 3.05) is 13.7 Å². The van der Waals surface area contributed by atoms with Crippen LogP contribution < -0.4 is 4.74 Å². The lowest BCUT2D eigenvalue weighted by atomic mass is 10.1. The summed E-state index contributed by atoms with van der Waals surface area (Å²) in [5.41, 5.74) is 0.705. The Morgan fingerprint density at radius 2 is 1.84 bits per heavy atom. The fraction of sp³-hybridized carbons (Fsp3) is 0.250. The number of rotatable bonds is 7. The van der Waals surface area contributed by atoms with Crippen LogP contribution in [0.25, 0.3) is 0 Å². The van der Waals surface area contributed by atoms with E-state index in [0.717, 1.165) is 11.6 Å². The number of nitro benzene ring substituents is 1. The minimum atomic E-state index is -4.04. The molecule has 0 bridgehead atoms. The Hall–Kier alpha value is -2.49. The van der Waals surface area contributed by atoms with E-state index in [-0.39, 0.29) is 21.9 Å². The maximum Gasteiger partial charge on any atom is 0.311 e. The van der Waals surface area contributed by atoms with E-state index in [9.17, 15) is 23.6 Å². The van der Waals surface area contributed by atoms with E-state index in [4.69, 9.17) is 8.92 Å². The Bertz CT molecular complexity index is 863. The molecule has 0 amide bonds. The van der Waals surface area contributed by atoms with Crippen LogP contribution in [0.3, 0.4) is 0 Å². The average molecular weight is 367 g/mol. The first-order chi connectivity index (χ1) is 11.7. The van der Waals surface area contributed by atoms with Crippen molar-refractivity contribution in [2.45, 2.75) is 17.9 Å². The van der Waals surface area contributed by atoms with Crippen LogP contribution in [0.4, 0.5) is 5.69 Å². The van der Waals surface area contributed by atoms with Gasteiger partial charge in [0.05, 0.1) is 23.5 Å². The van der Waals surface area contributed by atoms with Gasteiger partial charge in [0.15, 0.2) is 5.75 Å². The molecule has 0 aliphatic carbocycles. The van der Waals surface area contributed by atoms with Crippen LogP contribution in [0.2, 0.25) is 0 Å². The number of aryl methyl sites for hydroxylation is 1. The number of ether oxygens (including phenoxy) is 1. The van der Waals surface area contributed by atoms with Crippen LogP contribution in [0.1, 0.15) is 17.2 Å². The lowest BCUT2D eigenvalue weighted by Gasteiger charge is -2.12. The van der Waals surface area contributed by atoms with Gasteiger partial charge in [-0.15, -0.1) is 0 Å². The van der Waals surface area contributed by atoms with Gasteiger partial charge in [0.2, 0.25) is 0 Å². The summed E-state index contributed by atoms with van der Waals surface area (Å²) >= 11 is 0. The zero-order valence-electron chi connectivity index (χ0n) is 13.6. The van der Waals surface area contributed by atoms with Crippen molar-refractivity contribution in [3.05, 3.63) is 63.7 Å². The molecular formula is C16H17NO7S. The highest BCUT2D eigenvalue weighted by atomic mass is 32.2. The molecule has 0 heterocycles. The molecule has 8 nitrogen and oxygen atoms in total. The summed E-state index contributed by atoms with van der Waals surface area (Å²) in [7, 11) is -2.75. The first kappa shape index (κ1) is 18.8. The van der Waals surface area contributed by atoms with Gasteiger partial charge in [0.25, 0.3) is 10.1 Å².